The first-order valence-electron chi connectivity index (χ1n) is 11.2. The number of aromatic amines is 1. The number of thiophene rings is 1. The van der Waals surface area contributed by atoms with Crippen LogP contribution in [0.15, 0.2) is 78.2 Å². The Kier molecular flexibility index (Phi) is 6.66. The van der Waals surface area contributed by atoms with E-state index in [1.807, 2.05) is 0 Å². The Morgan fingerprint density at radius 2 is 1.74 bits per heavy atom. The molecule has 0 atom stereocenters. The summed E-state index contributed by atoms with van der Waals surface area (Å²) in [5.41, 5.74) is 4.81. The molecule has 8 nitrogen and oxygen atoms in total. The first-order valence-corrected chi connectivity index (χ1v) is 12.1. The fourth-order valence-electron chi connectivity index (χ4n) is 3.73. The quantitative estimate of drug-likeness (QED) is 0.195. The number of nitrogens with zero attached hydrogens (tertiary/aromatic N) is 2. The van der Waals surface area contributed by atoms with Gasteiger partial charge in [0.15, 0.2) is 0 Å². The van der Waals surface area contributed by atoms with Crippen LogP contribution in [0.5, 0.6) is 11.5 Å². The average Bonchev–Trinajstić information content (AvgIpc) is 3.55. The first kappa shape index (κ1) is 25.7. The number of primary amides is 1. The van der Waals surface area contributed by atoms with Gasteiger partial charge in [0.1, 0.15) is 17.3 Å². The van der Waals surface area contributed by atoms with E-state index in [4.69, 9.17) is 10.5 Å². The van der Waals surface area contributed by atoms with E-state index in [1.54, 1.807) is 35.7 Å². The second kappa shape index (κ2) is 10.1. The Hall–Kier alpha value is -4.91. The van der Waals surface area contributed by atoms with Crippen LogP contribution >= 0.6 is 11.3 Å². The van der Waals surface area contributed by atoms with Gasteiger partial charge in [0.25, 0.3) is 5.91 Å². The van der Waals surface area contributed by atoms with Crippen molar-refractivity contribution in [3.8, 4) is 11.5 Å². The molecule has 5 rings (SSSR count). The lowest BCUT2D eigenvalue weighted by Crippen LogP contribution is -2.32. The molecule has 0 radical (unpaired) electrons. The molecule has 13 heteroatoms. The molecule has 3 aromatic carbocycles. The van der Waals surface area contributed by atoms with Crippen molar-refractivity contribution in [1.82, 2.24) is 9.97 Å². The number of hydrogen-bond acceptors (Lipinski definition) is 5. The number of ether oxygens (including phenoxy) is 1. The minimum atomic E-state index is -4.74. The number of carbonyl (C=O) groups excluding carboxylic acids is 2. The van der Waals surface area contributed by atoms with Crippen molar-refractivity contribution in [2.24, 2.45) is 5.73 Å². The summed E-state index contributed by atoms with van der Waals surface area (Å²) in [6.45, 7) is 0. The number of H-pyrrole nitrogens is 1. The standard InChI is InChI=1S/C26H17F4N5O3S/c27-18-9-3-14(26(28,29)30)12-21(18)35(24(31)37)15-4-6-16(7-5-15)38-17-8-10-19-20(13-17)33-25(32-19)34-23(36)22-2-1-11-39-22/h1-13H,(H2,31,37)(H2,32,33,34,36). The minimum Gasteiger partial charge on any atom is -0.457 e. The summed E-state index contributed by atoms with van der Waals surface area (Å²) in [5.74, 6) is -0.363. The minimum absolute atomic E-state index is 0.0308. The summed E-state index contributed by atoms with van der Waals surface area (Å²) in [7, 11) is 0. The maximum absolute atomic E-state index is 14.4. The van der Waals surface area contributed by atoms with Gasteiger partial charge in [0, 0.05) is 6.07 Å². The van der Waals surface area contributed by atoms with E-state index in [1.165, 1.54) is 35.6 Å². The van der Waals surface area contributed by atoms with Crippen LogP contribution in [0.2, 0.25) is 0 Å². The molecule has 2 heterocycles. The maximum atomic E-state index is 14.4. The topological polar surface area (TPSA) is 113 Å². The van der Waals surface area contributed by atoms with E-state index >= 15 is 0 Å². The zero-order valence-electron chi connectivity index (χ0n) is 19.6. The van der Waals surface area contributed by atoms with E-state index in [0.717, 1.165) is 0 Å². The largest absolute Gasteiger partial charge is 0.457 e. The Balaban J connectivity index is 1.35. The van der Waals surface area contributed by atoms with Crippen LogP contribution in [0.25, 0.3) is 11.0 Å². The van der Waals surface area contributed by atoms with Gasteiger partial charge in [-0.15, -0.1) is 11.3 Å². The van der Waals surface area contributed by atoms with Crippen LogP contribution in [0, 0.1) is 5.82 Å². The van der Waals surface area contributed by atoms with Crippen molar-refractivity contribution in [1.29, 1.82) is 0 Å². The second-order valence-electron chi connectivity index (χ2n) is 8.13. The fourth-order valence-corrected chi connectivity index (χ4v) is 4.35. The Morgan fingerprint density at radius 1 is 1.00 bits per heavy atom. The molecule has 0 aliphatic heterocycles. The molecule has 0 unspecified atom stereocenters. The number of anilines is 3. The number of fused-ring (bicyclic) bond motifs is 1. The van der Waals surface area contributed by atoms with E-state index < -0.39 is 29.3 Å². The molecule has 39 heavy (non-hydrogen) atoms. The predicted octanol–water partition coefficient (Wildman–Crippen LogP) is 7.04. The number of benzene rings is 3. The first-order chi connectivity index (χ1) is 18.6. The number of carbonyl (C=O) groups is 2. The third-order valence-electron chi connectivity index (χ3n) is 5.50. The van der Waals surface area contributed by atoms with Gasteiger partial charge in [-0.3, -0.25) is 15.0 Å². The highest BCUT2D eigenvalue weighted by Crippen LogP contribution is 2.36. The van der Waals surface area contributed by atoms with Crippen molar-refractivity contribution < 1.29 is 31.9 Å². The molecule has 0 spiro atoms. The Bertz CT molecular complexity index is 1670. The molecule has 2 aromatic heterocycles. The normalized spacial score (nSPS) is 11.4. The van der Waals surface area contributed by atoms with E-state index in [2.05, 4.69) is 15.3 Å². The van der Waals surface area contributed by atoms with Crippen LogP contribution < -0.4 is 20.7 Å². The molecule has 0 bridgehead atoms. The zero-order chi connectivity index (χ0) is 27.7. The van der Waals surface area contributed by atoms with Crippen LogP contribution in [0.1, 0.15) is 15.2 Å². The lowest BCUT2D eigenvalue weighted by Gasteiger charge is -2.22. The second-order valence-corrected chi connectivity index (χ2v) is 9.08. The van der Waals surface area contributed by atoms with Gasteiger partial charge in [0.05, 0.1) is 32.8 Å². The summed E-state index contributed by atoms with van der Waals surface area (Å²) in [6, 6.07) is 14.6. The predicted molar refractivity (Wildman–Crippen MR) is 138 cm³/mol. The smallest absolute Gasteiger partial charge is 0.416 e. The number of amides is 3. The van der Waals surface area contributed by atoms with E-state index in [-0.39, 0.29) is 17.5 Å². The van der Waals surface area contributed by atoms with Crippen molar-refractivity contribution in [3.05, 3.63) is 94.4 Å². The third kappa shape index (κ3) is 5.52. The third-order valence-corrected chi connectivity index (χ3v) is 6.36. The molecule has 4 N–H and O–H groups in total. The summed E-state index contributed by atoms with van der Waals surface area (Å²) in [6.07, 6.45) is -4.74. The summed E-state index contributed by atoms with van der Waals surface area (Å²) < 4.78 is 59.7. The van der Waals surface area contributed by atoms with Gasteiger partial charge in [-0.1, -0.05) is 6.07 Å². The molecule has 0 saturated carbocycles. The molecule has 3 amide bonds. The average molecular weight is 556 g/mol. The summed E-state index contributed by atoms with van der Waals surface area (Å²) in [5, 5.41) is 4.48. The van der Waals surface area contributed by atoms with Crippen LogP contribution in [-0.4, -0.2) is 21.9 Å². The number of rotatable bonds is 6. The number of hydrogen-bond donors (Lipinski definition) is 3. The molecule has 0 aliphatic rings. The SMILES string of the molecule is NC(=O)N(c1ccc(Oc2ccc3nc(NC(=O)c4cccs4)[nH]c3c2)cc1)c1cc(C(F)(F)F)ccc1F. The monoisotopic (exact) mass is 555 g/mol. The van der Waals surface area contributed by atoms with Crippen molar-refractivity contribution in [3.63, 3.8) is 0 Å². The highest BCUT2D eigenvalue weighted by atomic mass is 32.1. The fraction of sp³-hybridized carbons (Fsp3) is 0.0385. The molecule has 198 valence electrons. The molecule has 0 aliphatic carbocycles. The molecule has 0 saturated heterocycles. The Morgan fingerprint density at radius 3 is 2.41 bits per heavy atom. The van der Waals surface area contributed by atoms with Gasteiger partial charge in [0.2, 0.25) is 5.95 Å². The number of imidazole rings is 1. The zero-order valence-corrected chi connectivity index (χ0v) is 20.4. The van der Waals surface area contributed by atoms with Crippen LogP contribution in [0.3, 0.4) is 0 Å². The highest BCUT2D eigenvalue weighted by molar-refractivity contribution is 7.12. The van der Waals surface area contributed by atoms with Gasteiger partial charge >= 0.3 is 12.2 Å². The molecule has 5 aromatic rings. The van der Waals surface area contributed by atoms with Crippen molar-refractivity contribution in [2.75, 3.05) is 10.2 Å². The van der Waals surface area contributed by atoms with E-state index in [9.17, 15) is 27.2 Å². The summed E-state index contributed by atoms with van der Waals surface area (Å²) in [4.78, 5) is 32.8. The van der Waals surface area contributed by atoms with Gasteiger partial charge in [-0.05, 0) is 66.0 Å². The van der Waals surface area contributed by atoms with Crippen molar-refractivity contribution >= 4 is 51.6 Å². The number of nitrogens with one attached hydrogen (secondary N) is 2. The lowest BCUT2D eigenvalue weighted by atomic mass is 10.1. The number of aromatic nitrogens is 2. The number of alkyl halides is 3. The number of urea groups is 1. The van der Waals surface area contributed by atoms with Gasteiger partial charge in [-0.2, -0.15) is 13.2 Å². The van der Waals surface area contributed by atoms with Crippen molar-refractivity contribution in [2.45, 2.75) is 6.18 Å². The molecular formula is C26H17F4N5O3S. The number of nitrogens with two attached hydrogens (primary N) is 1. The molecular weight excluding hydrogens is 538 g/mol. The van der Waals surface area contributed by atoms with Crippen LogP contribution in [-0.2, 0) is 6.18 Å². The highest BCUT2D eigenvalue weighted by Gasteiger charge is 2.32. The van der Waals surface area contributed by atoms with Gasteiger partial charge in [-0.25, -0.2) is 14.2 Å². The maximum Gasteiger partial charge on any atom is 0.416 e. The van der Waals surface area contributed by atoms with Gasteiger partial charge < -0.3 is 15.5 Å². The Labute approximate surface area is 221 Å². The lowest BCUT2D eigenvalue weighted by molar-refractivity contribution is -0.137. The number of halogens is 4. The van der Waals surface area contributed by atoms with Crippen LogP contribution in [0.4, 0.5) is 39.7 Å². The summed E-state index contributed by atoms with van der Waals surface area (Å²) >= 11 is 1.30. The van der Waals surface area contributed by atoms with E-state index in [0.29, 0.717) is 50.5 Å². The molecule has 0 fully saturated rings.